The molecule has 3 N–H and O–H groups in total. The van der Waals surface area contributed by atoms with Gasteiger partial charge >= 0.3 is 6.09 Å². The van der Waals surface area contributed by atoms with E-state index in [1.165, 1.54) is 0 Å². The number of ether oxygens (including phenoxy) is 1. The molecule has 1 amide bonds. The van der Waals surface area contributed by atoms with Crippen LogP contribution in [0.2, 0.25) is 0 Å². The molecule has 1 aliphatic rings. The van der Waals surface area contributed by atoms with Crippen molar-refractivity contribution in [2.45, 2.75) is 25.8 Å². The van der Waals surface area contributed by atoms with Crippen LogP contribution in [0.5, 0.6) is 5.75 Å². The van der Waals surface area contributed by atoms with E-state index in [0.717, 1.165) is 37.4 Å². The third-order valence-corrected chi connectivity index (χ3v) is 3.72. The second-order valence-corrected chi connectivity index (χ2v) is 4.95. The molecule has 0 saturated carbocycles. The highest BCUT2D eigenvalue weighted by Crippen LogP contribution is 2.30. The SMILES string of the molecule is CCn1c(C2CCNC2)nc2c(OC(N)=O)cccc21. The summed E-state index contributed by atoms with van der Waals surface area (Å²) in [5, 5.41) is 3.35. The normalized spacial score (nSPS) is 18.6. The third kappa shape index (κ3) is 2.12. The molecule has 0 aliphatic carbocycles. The van der Waals surface area contributed by atoms with Crippen molar-refractivity contribution in [3.8, 4) is 5.75 Å². The molecule has 0 spiro atoms. The molecule has 1 fully saturated rings. The first-order valence-corrected chi connectivity index (χ1v) is 6.88. The smallest absolute Gasteiger partial charge is 0.408 e. The molecule has 20 heavy (non-hydrogen) atoms. The van der Waals surface area contributed by atoms with E-state index in [4.69, 9.17) is 15.5 Å². The predicted molar refractivity (Wildman–Crippen MR) is 75.8 cm³/mol. The van der Waals surface area contributed by atoms with Crippen molar-refractivity contribution in [3.05, 3.63) is 24.0 Å². The number of primary amides is 1. The highest BCUT2D eigenvalue weighted by molar-refractivity contribution is 5.85. The first-order valence-electron chi connectivity index (χ1n) is 6.88. The lowest BCUT2D eigenvalue weighted by Gasteiger charge is -2.10. The number of aryl methyl sites for hydroxylation is 1. The number of fused-ring (bicyclic) bond motifs is 1. The minimum absolute atomic E-state index is 0.406. The van der Waals surface area contributed by atoms with Crippen LogP contribution in [0.4, 0.5) is 4.79 Å². The molecule has 0 bridgehead atoms. The Morgan fingerprint density at radius 2 is 2.45 bits per heavy atom. The van der Waals surface area contributed by atoms with Crippen LogP contribution in [0.15, 0.2) is 18.2 Å². The Labute approximate surface area is 116 Å². The fraction of sp³-hybridized carbons (Fsp3) is 0.429. The number of nitrogens with two attached hydrogens (primary N) is 1. The van der Waals surface area contributed by atoms with Crippen molar-refractivity contribution in [2.75, 3.05) is 13.1 Å². The van der Waals surface area contributed by atoms with E-state index in [1.54, 1.807) is 6.07 Å². The van der Waals surface area contributed by atoms with E-state index < -0.39 is 6.09 Å². The highest BCUT2D eigenvalue weighted by atomic mass is 16.5. The van der Waals surface area contributed by atoms with Crippen LogP contribution < -0.4 is 15.8 Å². The maximum absolute atomic E-state index is 11.0. The molecule has 1 saturated heterocycles. The van der Waals surface area contributed by atoms with Crippen molar-refractivity contribution in [1.82, 2.24) is 14.9 Å². The Balaban J connectivity index is 2.14. The van der Waals surface area contributed by atoms with Crippen molar-refractivity contribution in [2.24, 2.45) is 5.73 Å². The number of carbonyl (C=O) groups excluding carboxylic acids is 1. The van der Waals surface area contributed by atoms with Gasteiger partial charge in [0.15, 0.2) is 5.75 Å². The van der Waals surface area contributed by atoms with Crippen LogP contribution in [0.1, 0.15) is 25.1 Å². The summed E-state index contributed by atoms with van der Waals surface area (Å²) in [5.41, 5.74) is 6.79. The van der Waals surface area contributed by atoms with Gasteiger partial charge in [-0.25, -0.2) is 9.78 Å². The number of hydrogen-bond donors (Lipinski definition) is 2. The molecular formula is C14H18N4O2. The molecule has 1 aliphatic heterocycles. The topological polar surface area (TPSA) is 82.2 Å². The van der Waals surface area contributed by atoms with Gasteiger partial charge in [0.25, 0.3) is 0 Å². The zero-order chi connectivity index (χ0) is 14.1. The van der Waals surface area contributed by atoms with Crippen molar-refractivity contribution in [1.29, 1.82) is 0 Å². The maximum atomic E-state index is 11.0. The van der Waals surface area contributed by atoms with Gasteiger partial charge in [0, 0.05) is 19.0 Å². The van der Waals surface area contributed by atoms with E-state index in [0.29, 0.717) is 17.2 Å². The van der Waals surface area contributed by atoms with Crippen LogP contribution in [0, 0.1) is 0 Å². The third-order valence-electron chi connectivity index (χ3n) is 3.72. The van der Waals surface area contributed by atoms with Gasteiger partial charge in [-0.2, -0.15) is 0 Å². The monoisotopic (exact) mass is 274 g/mol. The summed E-state index contributed by atoms with van der Waals surface area (Å²) in [6.45, 7) is 4.88. The molecule has 106 valence electrons. The molecule has 0 radical (unpaired) electrons. The summed E-state index contributed by atoms with van der Waals surface area (Å²) in [6.07, 6.45) is 0.266. The maximum Gasteiger partial charge on any atom is 0.410 e. The predicted octanol–water partition coefficient (Wildman–Crippen LogP) is 1.59. The fourth-order valence-corrected chi connectivity index (χ4v) is 2.85. The zero-order valence-corrected chi connectivity index (χ0v) is 11.4. The number of amides is 1. The zero-order valence-electron chi connectivity index (χ0n) is 11.4. The molecule has 2 aromatic rings. The Hall–Kier alpha value is -2.08. The largest absolute Gasteiger partial charge is 0.410 e. The minimum atomic E-state index is -0.812. The van der Waals surface area contributed by atoms with E-state index in [2.05, 4.69) is 16.8 Å². The van der Waals surface area contributed by atoms with Crippen molar-refractivity contribution >= 4 is 17.1 Å². The number of para-hydroxylation sites is 1. The highest BCUT2D eigenvalue weighted by Gasteiger charge is 2.24. The first-order chi connectivity index (χ1) is 9.70. The number of hydrogen-bond acceptors (Lipinski definition) is 4. The fourth-order valence-electron chi connectivity index (χ4n) is 2.85. The van der Waals surface area contributed by atoms with E-state index >= 15 is 0 Å². The molecule has 1 aromatic heterocycles. The number of imidazole rings is 1. The van der Waals surface area contributed by atoms with Crippen LogP contribution in [-0.4, -0.2) is 28.7 Å². The molecule has 2 heterocycles. The number of carbonyl (C=O) groups is 1. The Bertz CT molecular complexity index is 644. The van der Waals surface area contributed by atoms with Crippen LogP contribution >= 0.6 is 0 Å². The molecular weight excluding hydrogens is 256 g/mol. The van der Waals surface area contributed by atoms with E-state index in [9.17, 15) is 4.79 Å². The summed E-state index contributed by atoms with van der Waals surface area (Å²) in [4.78, 5) is 15.7. The summed E-state index contributed by atoms with van der Waals surface area (Å²) in [7, 11) is 0. The number of benzene rings is 1. The lowest BCUT2D eigenvalue weighted by atomic mass is 10.1. The number of aromatic nitrogens is 2. The van der Waals surface area contributed by atoms with Crippen molar-refractivity contribution < 1.29 is 9.53 Å². The Morgan fingerprint density at radius 3 is 3.10 bits per heavy atom. The van der Waals surface area contributed by atoms with Crippen LogP contribution in [0.25, 0.3) is 11.0 Å². The lowest BCUT2D eigenvalue weighted by Crippen LogP contribution is -2.16. The van der Waals surface area contributed by atoms with Gasteiger partial charge in [-0.05, 0) is 32.0 Å². The van der Waals surface area contributed by atoms with Crippen molar-refractivity contribution in [3.63, 3.8) is 0 Å². The van der Waals surface area contributed by atoms with E-state index in [-0.39, 0.29) is 0 Å². The minimum Gasteiger partial charge on any atom is -0.408 e. The molecule has 1 aromatic carbocycles. The number of nitrogens with zero attached hydrogens (tertiary/aromatic N) is 2. The second kappa shape index (κ2) is 5.13. The Kier molecular flexibility index (Phi) is 3.31. The number of rotatable bonds is 3. The van der Waals surface area contributed by atoms with Gasteiger partial charge in [-0.15, -0.1) is 0 Å². The summed E-state index contributed by atoms with van der Waals surface area (Å²) in [6, 6.07) is 5.56. The summed E-state index contributed by atoms with van der Waals surface area (Å²) < 4.78 is 7.23. The summed E-state index contributed by atoms with van der Waals surface area (Å²) >= 11 is 0. The molecule has 1 atom stereocenters. The van der Waals surface area contributed by atoms with Gasteiger partial charge in [-0.1, -0.05) is 6.07 Å². The van der Waals surface area contributed by atoms with Gasteiger partial charge in [-0.3, -0.25) is 0 Å². The second-order valence-electron chi connectivity index (χ2n) is 4.95. The van der Waals surface area contributed by atoms with Gasteiger partial charge in [0.05, 0.1) is 5.52 Å². The quantitative estimate of drug-likeness (QED) is 0.890. The van der Waals surface area contributed by atoms with Crippen LogP contribution in [0.3, 0.4) is 0 Å². The van der Waals surface area contributed by atoms with Gasteiger partial charge in [0.2, 0.25) is 0 Å². The molecule has 6 nitrogen and oxygen atoms in total. The Morgan fingerprint density at radius 1 is 1.60 bits per heavy atom. The van der Waals surface area contributed by atoms with E-state index in [1.807, 2.05) is 12.1 Å². The molecule has 3 rings (SSSR count). The van der Waals surface area contributed by atoms with Gasteiger partial charge < -0.3 is 20.4 Å². The summed E-state index contributed by atoms with van der Waals surface area (Å²) in [5.74, 6) is 1.88. The number of nitrogens with one attached hydrogen (secondary N) is 1. The lowest BCUT2D eigenvalue weighted by molar-refractivity contribution is 0.211. The molecule has 6 heteroatoms. The average molecular weight is 274 g/mol. The first kappa shape index (κ1) is 12.9. The standard InChI is InChI=1S/C14H18N4O2/c1-2-18-10-4-3-5-11(20-14(15)19)12(10)17-13(18)9-6-7-16-8-9/h3-5,9,16H,2,6-8H2,1H3,(H2,15,19). The van der Waals surface area contributed by atoms with Crippen LogP contribution in [-0.2, 0) is 6.54 Å². The van der Waals surface area contributed by atoms with Gasteiger partial charge in [0.1, 0.15) is 11.3 Å². The average Bonchev–Trinajstić information content (AvgIpc) is 3.05. The molecule has 1 unspecified atom stereocenters.